The lowest BCUT2D eigenvalue weighted by atomic mass is 9.99. The molecule has 0 radical (unpaired) electrons. The maximum Gasteiger partial charge on any atom is 0.123 e. The normalized spacial score (nSPS) is 11.2. The van der Waals surface area contributed by atoms with Gasteiger partial charge in [0, 0.05) is 11.1 Å². The minimum absolute atomic E-state index is 0.314. The van der Waals surface area contributed by atoms with Crippen LogP contribution in [0.15, 0.2) is 36.4 Å². The molecule has 4 nitrogen and oxygen atoms in total. The monoisotopic (exact) mass is 323 g/mol. The molecule has 0 saturated heterocycles. The van der Waals surface area contributed by atoms with Crippen molar-refractivity contribution in [3.8, 4) is 16.9 Å². The van der Waals surface area contributed by atoms with Gasteiger partial charge in [0.05, 0.1) is 0 Å². The van der Waals surface area contributed by atoms with E-state index in [1.807, 2.05) is 30.3 Å². The van der Waals surface area contributed by atoms with Gasteiger partial charge < -0.3 is 5.11 Å². The van der Waals surface area contributed by atoms with E-state index in [-0.39, 0.29) is 0 Å². The van der Waals surface area contributed by atoms with Crippen LogP contribution in [0.25, 0.3) is 22.2 Å². The smallest absolute Gasteiger partial charge is 0.123 e. The van der Waals surface area contributed by atoms with Crippen molar-refractivity contribution in [1.82, 2.24) is 15.4 Å². The molecule has 24 heavy (non-hydrogen) atoms. The molecule has 2 aromatic carbocycles. The number of fused-ring (bicyclic) bond motifs is 1. The molecule has 3 aromatic rings. The lowest BCUT2D eigenvalue weighted by Crippen LogP contribution is -1.88. The van der Waals surface area contributed by atoms with Crippen molar-refractivity contribution >= 4 is 11.0 Å². The molecule has 3 rings (SSSR count). The molecule has 2 N–H and O–H groups in total. The van der Waals surface area contributed by atoms with Crippen LogP contribution in [0.3, 0.4) is 0 Å². The summed E-state index contributed by atoms with van der Waals surface area (Å²) in [6.07, 6.45) is 8.74. The maximum atomic E-state index is 10.5. The average Bonchev–Trinajstić information content (AvgIpc) is 3.07. The van der Waals surface area contributed by atoms with Gasteiger partial charge in [-0.05, 0) is 30.5 Å². The molecule has 0 aliphatic heterocycles. The Morgan fingerprint density at radius 1 is 0.917 bits per heavy atom. The van der Waals surface area contributed by atoms with Crippen molar-refractivity contribution in [3.63, 3.8) is 0 Å². The van der Waals surface area contributed by atoms with Crippen LogP contribution in [-0.4, -0.2) is 20.5 Å². The van der Waals surface area contributed by atoms with Crippen molar-refractivity contribution in [2.24, 2.45) is 0 Å². The SMILES string of the molecule is CCCCCCCCc1ccc(-c2cccc3n[nH]nc23)c(O)c1. The third-order valence-electron chi connectivity index (χ3n) is 4.52. The highest BCUT2D eigenvalue weighted by atomic mass is 16.3. The predicted octanol–water partition coefficient (Wildman–Crippen LogP) is 5.23. The van der Waals surface area contributed by atoms with Gasteiger partial charge in [0.2, 0.25) is 0 Å². The third kappa shape index (κ3) is 3.75. The van der Waals surface area contributed by atoms with Gasteiger partial charge in [-0.3, -0.25) is 0 Å². The van der Waals surface area contributed by atoms with E-state index in [9.17, 15) is 5.11 Å². The fraction of sp³-hybridized carbons (Fsp3) is 0.400. The predicted molar refractivity (Wildman–Crippen MR) is 98.1 cm³/mol. The molecule has 0 aliphatic carbocycles. The summed E-state index contributed by atoms with van der Waals surface area (Å²) >= 11 is 0. The van der Waals surface area contributed by atoms with Gasteiger partial charge in [0.15, 0.2) is 0 Å². The van der Waals surface area contributed by atoms with Crippen LogP contribution < -0.4 is 0 Å². The van der Waals surface area contributed by atoms with E-state index in [1.165, 1.54) is 44.1 Å². The maximum absolute atomic E-state index is 10.5. The zero-order chi connectivity index (χ0) is 16.8. The molecule has 1 heterocycles. The van der Waals surface area contributed by atoms with Gasteiger partial charge >= 0.3 is 0 Å². The summed E-state index contributed by atoms with van der Waals surface area (Å²) in [6, 6.07) is 11.8. The number of para-hydroxylation sites is 1. The number of aromatic amines is 1. The number of aromatic nitrogens is 3. The number of phenolic OH excluding ortho intramolecular Hbond substituents is 1. The van der Waals surface area contributed by atoms with Crippen molar-refractivity contribution in [2.75, 3.05) is 0 Å². The summed E-state index contributed by atoms with van der Waals surface area (Å²) in [4.78, 5) is 0. The number of H-pyrrole nitrogens is 1. The zero-order valence-electron chi connectivity index (χ0n) is 14.3. The van der Waals surface area contributed by atoms with Gasteiger partial charge in [-0.2, -0.15) is 15.4 Å². The first-order valence-corrected chi connectivity index (χ1v) is 8.91. The summed E-state index contributed by atoms with van der Waals surface area (Å²) in [5.74, 6) is 0.314. The number of phenols is 1. The Labute approximate surface area is 142 Å². The zero-order valence-corrected chi connectivity index (χ0v) is 14.3. The first-order valence-electron chi connectivity index (χ1n) is 8.91. The van der Waals surface area contributed by atoms with E-state index in [4.69, 9.17) is 0 Å². The molecule has 0 fully saturated rings. The van der Waals surface area contributed by atoms with Crippen molar-refractivity contribution in [2.45, 2.75) is 51.9 Å². The number of hydrogen-bond acceptors (Lipinski definition) is 3. The van der Waals surface area contributed by atoms with E-state index >= 15 is 0 Å². The molecule has 0 bridgehead atoms. The fourth-order valence-electron chi connectivity index (χ4n) is 3.16. The van der Waals surface area contributed by atoms with Gasteiger partial charge in [-0.1, -0.05) is 63.3 Å². The van der Waals surface area contributed by atoms with Gasteiger partial charge in [0.1, 0.15) is 16.8 Å². The van der Waals surface area contributed by atoms with Crippen LogP contribution in [0, 0.1) is 0 Å². The van der Waals surface area contributed by atoms with Crippen molar-refractivity contribution < 1.29 is 5.11 Å². The number of nitrogens with one attached hydrogen (secondary N) is 1. The Kier molecular flexibility index (Phi) is 5.47. The van der Waals surface area contributed by atoms with Crippen molar-refractivity contribution in [1.29, 1.82) is 0 Å². The highest BCUT2D eigenvalue weighted by Gasteiger charge is 2.11. The minimum Gasteiger partial charge on any atom is -0.507 e. The van der Waals surface area contributed by atoms with E-state index in [0.29, 0.717) is 5.75 Å². The lowest BCUT2D eigenvalue weighted by molar-refractivity contribution is 0.476. The molecule has 0 amide bonds. The molecule has 0 saturated carbocycles. The van der Waals surface area contributed by atoms with Crippen molar-refractivity contribution in [3.05, 3.63) is 42.0 Å². The number of benzene rings is 2. The Morgan fingerprint density at radius 3 is 2.58 bits per heavy atom. The summed E-state index contributed by atoms with van der Waals surface area (Å²) in [5, 5.41) is 21.4. The topological polar surface area (TPSA) is 61.8 Å². The van der Waals surface area contributed by atoms with E-state index in [2.05, 4.69) is 28.4 Å². The van der Waals surface area contributed by atoms with Crippen LogP contribution in [-0.2, 0) is 6.42 Å². The Morgan fingerprint density at radius 2 is 1.75 bits per heavy atom. The second-order valence-corrected chi connectivity index (χ2v) is 6.37. The van der Waals surface area contributed by atoms with Crippen LogP contribution in [0.1, 0.15) is 51.0 Å². The Hall–Kier alpha value is -2.36. The second-order valence-electron chi connectivity index (χ2n) is 6.37. The van der Waals surface area contributed by atoms with E-state index < -0.39 is 0 Å². The number of hydrogen-bond donors (Lipinski definition) is 2. The highest BCUT2D eigenvalue weighted by molar-refractivity contribution is 5.92. The van der Waals surface area contributed by atoms with E-state index in [0.717, 1.165) is 28.6 Å². The first-order chi connectivity index (χ1) is 11.8. The molecular formula is C20H25N3O. The molecule has 0 aliphatic rings. The van der Waals surface area contributed by atoms with Crippen LogP contribution in [0.5, 0.6) is 5.75 Å². The molecule has 0 unspecified atom stereocenters. The van der Waals surface area contributed by atoms with Gasteiger partial charge in [0.25, 0.3) is 0 Å². The number of aryl methyl sites for hydroxylation is 1. The van der Waals surface area contributed by atoms with Gasteiger partial charge in [-0.25, -0.2) is 0 Å². The highest BCUT2D eigenvalue weighted by Crippen LogP contribution is 2.33. The Bertz CT molecular complexity index is 794. The van der Waals surface area contributed by atoms with Crippen LogP contribution in [0.4, 0.5) is 0 Å². The fourth-order valence-corrected chi connectivity index (χ4v) is 3.16. The van der Waals surface area contributed by atoms with Gasteiger partial charge in [-0.15, -0.1) is 0 Å². The molecule has 4 heteroatoms. The second kappa shape index (κ2) is 7.95. The largest absolute Gasteiger partial charge is 0.507 e. The molecule has 1 aromatic heterocycles. The summed E-state index contributed by atoms with van der Waals surface area (Å²) in [5.41, 5.74) is 4.50. The lowest BCUT2D eigenvalue weighted by Gasteiger charge is -2.08. The molecular weight excluding hydrogens is 298 g/mol. The molecule has 0 spiro atoms. The average molecular weight is 323 g/mol. The number of aromatic hydroxyl groups is 1. The standard InChI is InChI=1S/C20H25N3O/c1-2-3-4-5-6-7-9-15-12-13-16(19(24)14-15)17-10-8-11-18-20(17)22-23-21-18/h8,10-14,24H,2-7,9H2,1H3,(H,21,22,23). The number of nitrogens with zero attached hydrogens (tertiary/aromatic N) is 2. The summed E-state index contributed by atoms with van der Waals surface area (Å²) < 4.78 is 0. The third-order valence-corrected chi connectivity index (χ3v) is 4.52. The number of rotatable bonds is 8. The van der Waals surface area contributed by atoms with E-state index in [1.54, 1.807) is 0 Å². The summed E-state index contributed by atoms with van der Waals surface area (Å²) in [7, 11) is 0. The van der Waals surface area contributed by atoms with Crippen LogP contribution in [0.2, 0.25) is 0 Å². The number of unbranched alkanes of at least 4 members (excludes halogenated alkanes) is 5. The van der Waals surface area contributed by atoms with Crippen LogP contribution >= 0.6 is 0 Å². The minimum atomic E-state index is 0.314. The summed E-state index contributed by atoms with van der Waals surface area (Å²) in [6.45, 7) is 2.24. The molecule has 0 atom stereocenters. The molecule has 126 valence electrons. The first kappa shape index (κ1) is 16.5. The quantitative estimate of drug-likeness (QED) is 0.558. The Balaban J connectivity index is 1.68.